The van der Waals surface area contributed by atoms with Crippen LogP contribution in [0.5, 0.6) is 5.75 Å². The molecule has 0 spiro atoms. The molecular weight excluding hydrogens is 400 g/mol. The molecule has 0 fully saturated rings. The van der Waals surface area contributed by atoms with Crippen LogP contribution in [0.3, 0.4) is 0 Å². The topological polar surface area (TPSA) is 108 Å². The minimum atomic E-state index is -0.847. The molecule has 0 unspecified atom stereocenters. The second-order valence-corrected chi connectivity index (χ2v) is 6.44. The van der Waals surface area contributed by atoms with Crippen LogP contribution < -0.4 is 10.1 Å². The Hall–Kier alpha value is -4.20. The predicted molar refractivity (Wildman–Crippen MR) is 115 cm³/mol. The second kappa shape index (κ2) is 10.0. The van der Waals surface area contributed by atoms with Crippen LogP contribution in [0.15, 0.2) is 72.8 Å². The van der Waals surface area contributed by atoms with E-state index in [0.717, 1.165) is 17.2 Å². The number of hydrogen-bond acceptors (Lipinski definition) is 6. The Morgan fingerprint density at radius 2 is 1.65 bits per heavy atom. The van der Waals surface area contributed by atoms with Gasteiger partial charge in [-0.05, 0) is 42.3 Å². The SMILES string of the molecule is CCOc1ccc(C(=O)OCC(=O)Nc2ccc(-c3ccccc3)cc2)cc1[N+](=O)[O-]. The van der Waals surface area contributed by atoms with Crippen LogP contribution in [0.2, 0.25) is 0 Å². The van der Waals surface area contributed by atoms with Crippen molar-refractivity contribution < 1.29 is 24.0 Å². The number of nitrogens with one attached hydrogen (secondary N) is 1. The number of anilines is 1. The molecule has 3 rings (SSSR count). The number of nitro groups is 1. The number of carbonyl (C=O) groups is 2. The Labute approximate surface area is 178 Å². The molecule has 0 atom stereocenters. The largest absolute Gasteiger partial charge is 0.487 e. The van der Waals surface area contributed by atoms with E-state index in [1.807, 2.05) is 42.5 Å². The number of amides is 1. The number of nitrogens with zero attached hydrogens (tertiary/aromatic N) is 1. The summed E-state index contributed by atoms with van der Waals surface area (Å²) in [5.41, 5.74) is 2.22. The molecule has 31 heavy (non-hydrogen) atoms. The number of nitro benzene ring substituents is 1. The molecule has 1 N–H and O–H groups in total. The molecule has 0 aliphatic heterocycles. The van der Waals surface area contributed by atoms with Gasteiger partial charge in [0.1, 0.15) is 0 Å². The monoisotopic (exact) mass is 420 g/mol. The third-order valence-electron chi connectivity index (χ3n) is 4.30. The summed E-state index contributed by atoms with van der Waals surface area (Å²) in [6.45, 7) is 1.41. The lowest BCUT2D eigenvalue weighted by molar-refractivity contribution is -0.385. The number of carbonyl (C=O) groups excluding carboxylic acids is 2. The fourth-order valence-electron chi connectivity index (χ4n) is 2.85. The molecule has 3 aromatic carbocycles. The number of hydrogen-bond donors (Lipinski definition) is 1. The lowest BCUT2D eigenvalue weighted by Crippen LogP contribution is -2.21. The van der Waals surface area contributed by atoms with Gasteiger partial charge >= 0.3 is 11.7 Å². The molecule has 0 saturated heterocycles. The molecule has 1 amide bonds. The summed E-state index contributed by atoms with van der Waals surface area (Å²) >= 11 is 0. The van der Waals surface area contributed by atoms with Gasteiger partial charge in [0.2, 0.25) is 0 Å². The van der Waals surface area contributed by atoms with E-state index in [-0.39, 0.29) is 23.6 Å². The summed E-state index contributed by atoms with van der Waals surface area (Å²) < 4.78 is 10.2. The molecule has 0 saturated carbocycles. The van der Waals surface area contributed by atoms with E-state index in [9.17, 15) is 19.7 Å². The number of ether oxygens (including phenoxy) is 2. The maximum atomic E-state index is 12.2. The van der Waals surface area contributed by atoms with Crippen LogP contribution in [0, 0.1) is 10.1 Å². The highest BCUT2D eigenvalue weighted by atomic mass is 16.6. The maximum Gasteiger partial charge on any atom is 0.338 e. The molecule has 8 nitrogen and oxygen atoms in total. The van der Waals surface area contributed by atoms with E-state index in [1.165, 1.54) is 12.1 Å². The zero-order chi connectivity index (χ0) is 22.2. The molecule has 3 aromatic rings. The lowest BCUT2D eigenvalue weighted by Gasteiger charge is -2.09. The first-order valence-corrected chi connectivity index (χ1v) is 9.51. The van der Waals surface area contributed by atoms with Crippen molar-refractivity contribution >= 4 is 23.3 Å². The Kier molecular flexibility index (Phi) is 6.95. The molecule has 0 aliphatic carbocycles. The van der Waals surface area contributed by atoms with Gasteiger partial charge in [0.15, 0.2) is 12.4 Å². The van der Waals surface area contributed by atoms with Gasteiger partial charge in [-0.25, -0.2) is 4.79 Å². The van der Waals surface area contributed by atoms with Crippen molar-refractivity contribution in [1.29, 1.82) is 0 Å². The lowest BCUT2D eigenvalue weighted by atomic mass is 10.1. The van der Waals surface area contributed by atoms with Crippen molar-refractivity contribution in [1.82, 2.24) is 0 Å². The van der Waals surface area contributed by atoms with Crippen molar-refractivity contribution in [3.8, 4) is 16.9 Å². The van der Waals surface area contributed by atoms with E-state index < -0.39 is 23.4 Å². The van der Waals surface area contributed by atoms with E-state index in [0.29, 0.717) is 5.69 Å². The predicted octanol–water partition coefficient (Wildman–Crippen LogP) is 4.46. The first-order valence-electron chi connectivity index (χ1n) is 9.51. The van der Waals surface area contributed by atoms with Crippen molar-refractivity contribution in [3.05, 3.63) is 88.5 Å². The third-order valence-corrected chi connectivity index (χ3v) is 4.30. The summed E-state index contributed by atoms with van der Waals surface area (Å²) in [7, 11) is 0. The van der Waals surface area contributed by atoms with Crippen molar-refractivity contribution in [2.24, 2.45) is 0 Å². The fourth-order valence-corrected chi connectivity index (χ4v) is 2.85. The van der Waals surface area contributed by atoms with Crippen molar-refractivity contribution in [2.45, 2.75) is 6.92 Å². The number of esters is 1. The van der Waals surface area contributed by atoms with Gasteiger partial charge in [-0.2, -0.15) is 0 Å². The maximum absolute atomic E-state index is 12.2. The van der Waals surface area contributed by atoms with Gasteiger partial charge in [-0.1, -0.05) is 42.5 Å². The van der Waals surface area contributed by atoms with Gasteiger partial charge in [0.25, 0.3) is 5.91 Å². The molecule has 0 heterocycles. The summed E-state index contributed by atoms with van der Waals surface area (Å²) in [5, 5.41) is 13.8. The molecule has 0 aromatic heterocycles. The first kappa shape index (κ1) is 21.5. The molecule has 8 heteroatoms. The minimum absolute atomic E-state index is 0.0461. The molecule has 0 bridgehead atoms. The Morgan fingerprint density at radius 1 is 0.968 bits per heavy atom. The zero-order valence-electron chi connectivity index (χ0n) is 16.7. The normalized spacial score (nSPS) is 10.2. The fraction of sp³-hybridized carbons (Fsp3) is 0.130. The van der Waals surface area contributed by atoms with Gasteiger partial charge in [0.05, 0.1) is 17.1 Å². The van der Waals surface area contributed by atoms with E-state index in [2.05, 4.69) is 5.32 Å². The third kappa shape index (κ3) is 5.66. The molecular formula is C23H20N2O6. The minimum Gasteiger partial charge on any atom is -0.487 e. The molecule has 0 radical (unpaired) electrons. The van der Waals surface area contributed by atoms with Gasteiger partial charge in [0, 0.05) is 11.8 Å². The average Bonchev–Trinajstić information content (AvgIpc) is 2.79. The summed E-state index contributed by atoms with van der Waals surface area (Å²) in [5.74, 6) is -1.32. The van der Waals surface area contributed by atoms with Crippen molar-refractivity contribution in [2.75, 3.05) is 18.5 Å². The van der Waals surface area contributed by atoms with Crippen LogP contribution in [-0.4, -0.2) is 30.0 Å². The average molecular weight is 420 g/mol. The summed E-state index contributed by atoms with van der Waals surface area (Å²) in [4.78, 5) is 34.8. The zero-order valence-corrected chi connectivity index (χ0v) is 16.7. The van der Waals surface area contributed by atoms with Gasteiger partial charge in [-0.15, -0.1) is 0 Å². The van der Waals surface area contributed by atoms with E-state index >= 15 is 0 Å². The van der Waals surface area contributed by atoms with Crippen molar-refractivity contribution in [3.63, 3.8) is 0 Å². The molecule has 0 aliphatic rings. The summed E-state index contributed by atoms with van der Waals surface area (Å²) in [6, 6.07) is 20.8. The van der Waals surface area contributed by atoms with Crippen LogP contribution in [-0.2, 0) is 9.53 Å². The van der Waals surface area contributed by atoms with Gasteiger partial charge < -0.3 is 14.8 Å². The van der Waals surface area contributed by atoms with Crippen LogP contribution in [0.25, 0.3) is 11.1 Å². The Morgan fingerprint density at radius 3 is 2.29 bits per heavy atom. The number of rotatable bonds is 8. The van der Waals surface area contributed by atoms with Crippen LogP contribution >= 0.6 is 0 Å². The second-order valence-electron chi connectivity index (χ2n) is 6.44. The standard InChI is InChI=1S/C23H20N2O6/c1-2-30-21-13-10-18(14-20(21)25(28)29)23(27)31-15-22(26)24-19-11-8-17(9-12-19)16-6-4-3-5-7-16/h3-14H,2,15H2,1H3,(H,24,26). The van der Waals surface area contributed by atoms with E-state index in [1.54, 1.807) is 19.1 Å². The first-order chi connectivity index (χ1) is 15.0. The number of benzene rings is 3. The quantitative estimate of drug-likeness (QED) is 0.328. The highest BCUT2D eigenvalue weighted by molar-refractivity contribution is 5.96. The highest BCUT2D eigenvalue weighted by Crippen LogP contribution is 2.28. The van der Waals surface area contributed by atoms with Crippen LogP contribution in [0.1, 0.15) is 17.3 Å². The summed E-state index contributed by atoms with van der Waals surface area (Å²) in [6.07, 6.45) is 0. The van der Waals surface area contributed by atoms with Crippen LogP contribution in [0.4, 0.5) is 11.4 Å². The molecule has 158 valence electrons. The van der Waals surface area contributed by atoms with Gasteiger partial charge in [-0.3, -0.25) is 14.9 Å². The Balaban J connectivity index is 1.57. The Bertz CT molecular complexity index is 1080. The van der Waals surface area contributed by atoms with E-state index in [4.69, 9.17) is 9.47 Å². The highest BCUT2D eigenvalue weighted by Gasteiger charge is 2.20. The smallest absolute Gasteiger partial charge is 0.338 e.